The maximum Gasteiger partial charge on any atom is 0.260 e. The Bertz CT molecular complexity index is 903. The number of likely N-dealkylation sites (tertiary alicyclic amines) is 1. The first kappa shape index (κ1) is 25.1. The molecule has 0 bridgehead atoms. The number of hydrogen-bond acceptors (Lipinski definition) is 4. The molecule has 0 aliphatic carbocycles. The van der Waals surface area contributed by atoms with Crippen LogP contribution in [0.15, 0.2) is 54.6 Å². The highest BCUT2D eigenvalue weighted by Crippen LogP contribution is 2.28. The van der Waals surface area contributed by atoms with Crippen molar-refractivity contribution in [3.05, 3.63) is 66.0 Å². The fourth-order valence-electron chi connectivity index (χ4n) is 4.35. The molecule has 1 aliphatic heterocycles. The van der Waals surface area contributed by atoms with Gasteiger partial charge in [0.25, 0.3) is 5.91 Å². The number of hydrogen-bond donors (Lipinski definition) is 0. The molecule has 1 aliphatic rings. The number of piperidine rings is 1. The molecule has 0 N–H and O–H groups in total. The topological polar surface area (TPSA) is 49.9 Å². The number of likely N-dealkylation sites (N-methyl/N-ethyl adjacent to an activating group) is 1. The molecule has 33 heavy (non-hydrogen) atoms. The number of thioether (sulfide) groups is 1. The minimum Gasteiger partial charge on any atom is -0.484 e. The van der Waals surface area contributed by atoms with E-state index in [0.717, 1.165) is 18.6 Å². The predicted molar refractivity (Wildman–Crippen MR) is 131 cm³/mol. The summed E-state index contributed by atoms with van der Waals surface area (Å²) >= 11 is 1.64. The van der Waals surface area contributed by atoms with Crippen LogP contribution in [0.5, 0.6) is 5.75 Å². The number of carbonyl (C=O) groups is 2. The van der Waals surface area contributed by atoms with E-state index in [4.69, 9.17) is 4.74 Å². The van der Waals surface area contributed by atoms with Gasteiger partial charge in [0, 0.05) is 38.4 Å². The lowest BCUT2D eigenvalue weighted by atomic mass is 9.84. The maximum absolute atomic E-state index is 14.4. The van der Waals surface area contributed by atoms with Gasteiger partial charge in [0.05, 0.1) is 0 Å². The summed E-state index contributed by atoms with van der Waals surface area (Å²) in [7, 11) is 1.83. The van der Waals surface area contributed by atoms with Crippen molar-refractivity contribution in [2.45, 2.75) is 31.7 Å². The zero-order chi connectivity index (χ0) is 23.6. The van der Waals surface area contributed by atoms with Crippen LogP contribution >= 0.6 is 11.8 Å². The summed E-state index contributed by atoms with van der Waals surface area (Å²) in [5.74, 6) is 1.46. The second-order valence-corrected chi connectivity index (χ2v) is 9.42. The first-order valence-electron chi connectivity index (χ1n) is 11.4. The summed E-state index contributed by atoms with van der Waals surface area (Å²) in [5, 5.41) is 0. The highest BCUT2D eigenvalue weighted by atomic mass is 32.2. The number of ether oxygens (including phenoxy) is 1. The molecule has 7 heteroatoms. The van der Waals surface area contributed by atoms with Crippen molar-refractivity contribution in [3.63, 3.8) is 0 Å². The first-order valence-corrected chi connectivity index (χ1v) is 12.8. The molecule has 0 spiro atoms. The number of halogens is 1. The average molecular weight is 473 g/mol. The number of rotatable bonds is 10. The van der Waals surface area contributed by atoms with E-state index in [0.29, 0.717) is 37.2 Å². The summed E-state index contributed by atoms with van der Waals surface area (Å²) in [4.78, 5) is 29.1. The molecule has 5 nitrogen and oxygen atoms in total. The van der Waals surface area contributed by atoms with E-state index in [1.807, 2.05) is 59.5 Å². The highest BCUT2D eigenvalue weighted by molar-refractivity contribution is 7.98. The molecule has 2 amide bonds. The largest absolute Gasteiger partial charge is 0.484 e. The van der Waals surface area contributed by atoms with Crippen molar-refractivity contribution in [1.82, 2.24) is 9.80 Å². The van der Waals surface area contributed by atoms with Gasteiger partial charge in [-0.3, -0.25) is 9.59 Å². The first-order chi connectivity index (χ1) is 16.0. The van der Waals surface area contributed by atoms with E-state index < -0.39 is 0 Å². The molecular formula is C26H33FN2O3S. The van der Waals surface area contributed by atoms with Gasteiger partial charge in [-0.15, -0.1) is 0 Å². The van der Waals surface area contributed by atoms with Crippen LogP contribution in [0.2, 0.25) is 0 Å². The Morgan fingerprint density at radius 1 is 1.12 bits per heavy atom. The van der Waals surface area contributed by atoms with Gasteiger partial charge in [0.1, 0.15) is 11.6 Å². The fraction of sp³-hybridized carbons (Fsp3) is 0.462. The van der Waals surface area contributed by atoms with E-state index in [2.05, 4.69) is 0 Å². The average Bonchev–Trinajstić information content (AvgIpc) is 2.85. The fourth-order valence-corrected chi connectivity index (χ4v) is 4.73. The molecule has 1 saturated heterocycles. The van der Waals surface area contributed by atoms with E-state index in [9.17, 15) is 14.0 Å². The van der Waals surface area contributed by atoms with Crippen LogP contribution in [0.1, 0.15) is 24.8 Å². The van der Waals surface area contributed by atoms with Crippen molar-refractivity contribution in [1.29, 1.82) is 0 Å². The summed E-state index contributed by atoms with van der Waals surface area (Å²) in [6, 6.07) is 16.0. The minimum absolute atomic E-state index is 0.0143. The molecule has 1 atom stereocenters. The third kappa shape index (κ3) is 7.22. The van der Waals surface area contributed by atoms with Gasteiger partial charge in [0.15, 0.2) is 6.61 Å². The lowest BCUT2D eigenvalue weighted by molar-refractivity contribution is -0.137. The van der Waals surface area contributed by atoms with Crippen molar-refractivity contribution < 1.29 is 18.7 Å². The molecule has 2 aromatic rings. The van der Waals surface area contributed by atoms with Gasteiger partial charge >= 0.3 is 0 Å². The van der Waals surface area contributed by atoms with E-state index in [1.54, 1.807) is 23.9 Å². The van der Waals surface area contributed by atoms with Crippen LogP contribution in [-0.4, -0.2) is 66.4 Å². The normalized spacial score (nSPS) is 15.2. The summed E-state index contributed by atoms with van der Waals surface area (Å²) < 4.78 is 20.0. The summed E-state index contributed by atoms with van der Waals surface area (Å²) in [6.07, 6.45) is 4.48. The number of para-hydroxylation sites is 1. The lowest BCUT2D eigenvalue weighted by Gasteiger charge is -2.40. The number of nitrogens with zero attached hydrogens (tertiary/aromatic N) is 2. The Morgan fingerprint density at radius 2 is 1.79 bits per heavy atom. The molecule has 1 fully saturated rings. The van der Waals surface area contributed by atoms with Crippen LogP contribution in [0, 0.1) is 11.7 Å². The third-order valence-corrected chi connectivity index (χ3v) is 6.95. The highest BCUT2D eigenvalue weighted by Gasteiger charge is 2.33. The molecule has 3 rings (SSSR count). The van der Waals surface area contributed by atoms with Crippen LogP contribution in [0.25, 0.3) is 0 Å². The van der Waals surface area contributed by atoms with Gasteiger partial charge in [-0.2, -0.15) is 11.8 Å². The second-order valence-electron chi connectivity index (χ2n) is 8.43. The summed E-state index contributed by atoms with van der Waals surface area (Å²) in [5.41, 5.74) is 0.627. The lowest BCUT2D eigenvalue weighted by Crippen LogP contribution is -2.49. The van der Waals surface area contributed by atoms with Crippen LogP contribution in [-0.2, 0) is 16.0 Å². The Hall–Kier alpha value is -2.54. The Labute approximate surface area is 200 Å². The van der Waals surface area contributed by atoms with Crippen molar-refractivity contribution in [2.24, 2.45) is 5.92 Å². The molecular weight excluding hydrogens is 439 g/mol. The van der Waals surface area contributed by atoms with E-state index in [-0.39, 0.29) is 36.2 Å². The molecule has 2 aromatic carbocycles. The smallest absolute Gasteiger partial charge is 0.260 e. The van der Waals surface area contributed by atoms with Gasteiger partial charge in [-0.25, -0.2) is 4.39 Å². The SMILES string of the molecule is CSCCC(=O)N(C)[C@H](Cc1ccccc1F)C1CCN(C(=O)COc2ccccc2)CC1. The molecule has 0 unspecified atom stereocenters. The second kappa shape index (κ2) is 12.6. The predicted octanol–water partition coefficient (Wildman–Crippen LogP) is 4.27. The minimum atomic E-state index is -0.238. The Balaban J connectivity index is 1.62. The molecule has 1 heterocycles. The Morgan fingerprint density at radius 3 is 2.45 bits per heavy atom. The van der Waals surface area contributed by atoms with Crippen LogP contribution < -0.4 is 4.74 Å². The van der Waals surface area contributed by atoms with Crippen LogP contribution in [0.4, 0.5) is 4.39 Å². The number of benzene rings is 2. The molecule has 0 radical (unpaired) electrons. The summed E-state index contributed by atoms with van der Waals surface area (Å²) in [6.45, 7) is 1.24. The quantitative estimate of drug-likeness (QED) is 0.518. The molecule has 0 aromatic heterocycles. The zero-order valence-electron chi connectivity index (χ0n) is 19.4. The van der Waals surface area contributed by atoms with Crippen LogP contribution in [0.3, 0.4) is 0 Å². The zero-order valence-corrected chi connectivity index (χ0v) is 20.2. The monoisotopic (exact) mass is 472 g/mol. The van der Waals surface area contributed by atoms with Crippen molar-refractivity contribution in [2.75, 3.05) is 38.8 Å². The molecule has 178 valence electrons. The third-order valence-electron chi connectivity index (χ3n) is 6.34. The number of amides is 2. The Kier molecular flexibility index (Phi) is 9.61. The van der Waals surface area contributed by atoms with Gasteiger partial charge < -0.3 is 14.5 Å². The maximum atomic E-state index is 14.4. The van der Waals surface area contributed by atoms with Gasteiger partial charge in [-0.05, 0) is 55.2 Å². The van der Waals surface area contributed by atoms with E-state index in [1.165, 1.54) is 6.07 Å². The van der Waals surface area contributed by atoms with Gasteiger partial charge in [-0.1, -0.05) is 36.4 Å². The van der Waals surface area contributed by atoms with Crippen molar-refractivity contribution >= 4 is 23.6 Å². The number of carbonyl (C=O) groups excluding carboxylic acids is 2. The standard InChI is InChI=1S/C26H33FN2O3S/c1-28(25(30)14-17-33-2)24(18-21-8-6-7-11-23(21)27)20-12-15-29(16-13-20)26(31)19-32-22-9-4-3-5-10-22/h3-11,20,24H,12-19H2,1-2H3/t24-/m1/s1. The van der Waals surface area contributed by atoms with Crippen molar-refractivity contribution in [3.8, 4) is 5.75 Å². The van der Waals surface area contributed by atoms with Gasteiger partial charge in [0.2, 0.25) is 5.91 Å². The molecule has 0 saturated carbocycles. The van der Waals surface area contributed by atoms with E-state index >= 15 is 0 Å².